The molecule has 0 amide bonds. The molecule has 1 fully saturated rings. The van der Waals surface area contributed by atoms with Gasteiger partial charge >= 0.3 is 0 Å². The monoisotopic (exact) mass is 155 g/mol. The molecule has 1 saturated carbocycles. The zero-order valence-electron chi connectivity index (χ0n) is 5.58. The highest BCUT2D eigenvalue weighted by Gasteiger charge is 2.22. The summed E-state index contributed by atoms with van der Waals surface area (Å²) < 4.78 is 0. The third-order valence-corrected chi connectivity index (χ3v) is 2.93. The van der Waals surface area contributed by atoms with Crippen molar-refractivity contribution in [1.82, 2.24) is 4.98 Å². The molecule has 1 aliphatic carbocycles. The summed E-state index contributed by atoms with van der Waals surface area (Å²) in [6.07, 6.45) is 5.38. The Labute approximate surface area is 63.5 Å². The molecule has 0 aliphatic heterocycles. The molecular weight excluding hydrogens is 146 g/mol. The molecule has 54 valence electrons. The van der Waals surface area contributed by atoms with E-state index in [0.717, 1.165) is 5.01 Å². The minimum Gasteiger partial charge on any atom is -0.498 e. The first-order valence-electron chi connectivity index (χ1n) is 3.51. The van der Waals surface area contributed by atoms with E-state index in [-0.39, 0.29) is 0 Å². The van der Waals surface area contributed by atoms with E-state index in [9.17, 15) is 0 Å². The fraction of sp³-hybridized carbons (Fsp3) is 0.571. The Kier molecular flexibility index (Phi) is 1.38. The lowest BCUT2D eigenvalue weighted by Crippen LogP contribution is -2.07. The zero-order valence-corrected chi connectivity index (χ0v) is 6.40. The van der Waals surface area contributed by atoms with Crippen molar-refractivity contribution in [2.45, 2.75) is 25.2 Å². The van der Waals surface area contributed by atoms with Crippen molar-refractivity contribution in [3.8, 4) is 5.06 Å². The van der Waals surface area contributed by atoms with E-state index in [4.69, 9.17) is 5.11 Å². The number of nitrogens with zero attached hydrogens (tertiary/aromatic N) is 1. The van der Waals surface area contributed by atoms with Crippen LogP contribution in [0.1, 0.15) is 30.2 Å². The molecule has 0 atom stereocenters. The summed E-state index contributed by atoms with van der Waals surface area (Å²) in [6, 6.07) is 0. The van der Waals surface area contributed by atoms with Crippen molar-refractivity contribution in [2.75, 3.05) is 0 Å². The smallest absolute Gasteiger partial charge is 0.191 e. The van der Waals surface area contributed by atoms with Gasteiger partial charge in [-0.3, -0.25) is 0 Å². The van der Waals surface area contributed by atoms with Crippen LogP contribution in [0.25, 0.3) is 0 Å². The van der Waals surface area contributed by atoms with Gasteiger partial charge in [0.05, 0.1) is 11.2 Å². The van der Waals surface area contributed by atoms with Crippen LogP contribution in [0.5, 0.6) is 5.06 Å². The van der Waals surface area contributed by atoms with E-state index in [0.29, 0.717) is 11.0 Å². The standard InChI is InChI=1S/C7H9NOS/c9-6-4-8-7(10-6)5-2-1-3-5/h4-5,9H,1-3H2. The van der Waals surface area contributed by atoms with E-state index < -0.39 is 0 Å². The Morgan fingerprint density at radius 3 is 2.80 bits per heavy atom. The van der Waals surface area contributed by atoms with Crippen LogP contribution in [-0.4, -0.2) is 10.1 Å². The fourth-order valence-corrected chi connectivity index (χ4v) is 1.95. The molecule has 1 aromatic heterocycles. The van der Waals surface area contributed by atoms with Crippen LogP contribution in [0.3, 0.4) is 0 Å². The minimum atomic E-state index is 0.349. The Morgan fingerprint density at radius 2 is 2.40 bits per heavy atom. The molecular formula is C7H9NOS. The maximum absolute atomic E-state index is 8.98. The van der Waals surface area contributed by atoms with Gasteiger partial charge in [-0.25, -0.2) is 4.98 Å². The lowest BCUT2D eigenvalue weighted by Gasteiger charge is -2.22. The topological polar surface area (TPSA) is 33.1 Å². The van der Waals surface area contributed by atoms with Crippen molar-refractivity contribution in [2.24, 2.45) is 0 Å². The maximum atomic E-state index is 8.98. The van der Waals surface area contributed by atoms with Gasteiger partial charge in [-0.15, -0.1) is 0 Å². The first kappa shape index (κ1) is 6.16. The molecule has 2 nitrogen and oxygen atoms in total. The van der Waals surface area contributed by atoms with Gasteiger partial charge in [-0.1, -0.05) is 17.8 Å². The predicted molar refractivity (Wildman–Crippen MR) is 40.4 cm³/mol. The van der Waals surface area contributed by atoms with Crippen LogP contribution in [0.4, 0.5) is 0 Å². The number of rotatable bonds is 1. The molecule has 1 heterocycles. The van der Waals surface area contributed by atoms with Crippen molar-refractivity contribution in [1.29, 1.82) is 0 Å². The Morgan fingerprint density at radius 1 is 1.60 bits per heavy atom. The van der Waals surface area contributed by atoms with E-state index in [1.807, 2.05) is 0 Å². The molecule has 0 unspecified atom stereocenters. The highest BCUT2D eigenvalue weighted by molar-refractivity contribution is 7.13. The Balaban J connectivity index is 2.17. The van der Waals surface area contributed by atoms with E-state index in [2.05, 4.69) is 4.98 Å². The van der Waals surface area contributed by atoms with E-state index in [1.54, 1.807) is 6.20 Å². The van der Waals surface area contributed by atoms with Crippen molar-refractivity contribution in [3.05, 3.63) is 11.2 Å². The van der Waals surface area contributed by atoms with Gasteiger partial charge in [0.15, 0.2) is 5.06 Å². The van der Waals surface area contributed by atoms with Gasteiger partial charge in [-0.05, 0) is 12.8 Å². The number of thiazole rings is 1. The predicted octanol–water partition coefficient (Wildman–Crippen LogP) is 2.12. The average Bonchev–Trinajstić information content (AvgIpc) is 2.10. The third-order valence-electron chi connectivity index (χ3n) is 1.97. The minimum absolute atomic E-state index is 0.349. The van der Waals surface area contributed by atoms with Crippen LogP contribution in [0, 0.1) is 0 Å². The van der Waals surface area contributed by atoms with Gasteiger partial charge in [0.1, 0.15) is 0 Å². The SMILES string of the molecule is Oc1cnc(C2CCC2)s1. The highest BCUT2D eigenvalue weighted by Crippen LogP contribution is 2.39. The van der Waals surface area contributed by atoms with Crippen molar-refractivity contribution < 1.29 is 5.11 Å². The second kappa shape index (κ2) is 2.23. The van der Waals surface area contributed by atoms with Gasteiger partial charge in [0.25, 0.3) is 0 Å². The Hall–Kier alpha value is -0.570. The summed E-state index contributed by atoms with van der Waals surface area (Å²) >= 11 is 1.42. The van der Waals surface area contributed by atoms with Crippen molar-refractivity contribution >= 4 is 11.3 Å². The molecule has 0 spiro atoms. The summed E-state index contributed by atoms with van der Waals surface area (Å²) in [5.74, 6) is 0.658. The summed E-state index contributed by atoms with van der Waals surface area (Å²) in [7, 11) is 0. The average molecular weight is 155 g/mol. The first-order chi connectivity index (χ1) is 4.86. The van der Waals surface area contributed by atoms with Crippen LogP contribution in [0.15, 0.2) is 6.20 Å². The fourth-order valence-electron chi connectivity index (χ4n) is 1.12. The molecule has 0 saturated heterocycles. The normalized spacial score (nSPS) is 18.8. The third kappa shape index (κ3) is 0.904. The maximum Gasteiger partial charge on any atom is 0.191 e. The molecule has 0 radical (unpaired) electrons. The molecule has 2 rings (SSSR count). The molecule has 0 bridgehead atoms. The van der Waals surface area contributed by atoms with Gasteiger partial charge in [0, 0.05) is 5.92 Å². The van der Waals surface area contributed by atoms with Crippen LogP contribution in [0.2, 0.25) is 0 Å². The largest absolute Gasteiger partial charge is 0.498 e. The lowest BCUT2D eigenvalue weighted by atomic mass is 9.86. The molecule has 1 aliphatic rings. The molecule has 10 heavy (non-hydrogen) atoms. The van der Waals surface area contributed by atoms with Crippen LogP contribution < -0.4 is 0 Å². The summed E-state index contributed by atoms with van der Waals surface area (Å²) in [5, 5.41) is 10.4. The molecule has 1 N–H and O–H groups in total. The number of hydrogen-bond acceptors (Lipinski definition) is 3. The summed E-state index contributed by atoms with van der Waals surface area (Å²) in [6.45, 7) is 0. The number of aromatic hydroxyl groups is 1. The highest BCUT2D eigenvalue weighted by atomic mass is 32.1. The van der Waals surface area contributed by atoms with Crippen LogP contribution in [-0.2, 0) is 0 Å². The van der Waals surface area contributed by atoms with Crippen LogP contribution >= 0.6 is 11.3 Å². The number of hydrogen-bond donors (Lipinski definition) is 1. The lowest BCUT2D eigenvalue weighted by molar-refractivity contribution is 0.418. The van der Waals surface area contributed by atoms with Crippen molar-refractivity contribution in [3.63, 3.8) is 0 Å². The Bertz CT molecular complexity index is 229. The molecule has 3 heteroatoms. The zero-order chi connectivity index (χ0) is 6.97. The van der Waals surface area contributed by atoms with E-state index >= 15 is 0 Å². The molecule has 0 aromatic carbocycles. The second-order valence-electron chi connectivity index (χ2n) is 2.66. The second-order valence-corrected chi connectivity index (χ2v) is 3.71. The summed E-state index contributed by atoms with van der Waals surface area (Å²) in [4.78, 5) is 4.11. The quantitative estimate of drug-likeness (QED) is 0.673. The number of aromatic nitrogens is 1. The summed E-state index contributed by atoms with van der Waals surface area (Å²) in [5.41, 5.74) is 0. The van der Waals surface area contributed by atoms with Gasteiger partial charge < -0.3 is 5.11 Å². The first-order valence-corrected chi connectivity index (χ1v) is 4.32. The molecule has 1 aromatic rings. The van der Waals surface area contributed by atoms with Gasteiger partial charge in [0.2, 0.25) is 0 Å². The van der Waals surface area contributed by atoms with Gasteiger partial charge in [-0.2, -0.15) is 0 Å². The van der Waals surface area contributed by atoms with E-state index in [1.165, 1.54) is 30.6 Å².